The van der Waals surface area contributed by atoms with Gasteiger partial charge in [-0.05, 0) is 120 Å². The normalized spacial score (nSPS) is 17.0. The fourth-order valence-corrected chi connectivity index (χ4v) is 22.5. The SMILES string of the molecule is C#CCC(=O)N1CCC[C@@H](Nc2c(-c3cccc(N)n3)cnc3[nH]ccc23)C1.C#CCC(=O)N1CCC[C@@H](Nc2c(-c3ccnc(OC)n3)cnc3[nH]ccc23)C1.C#CCC(=O)N1CCC[C@@H](Nc2c(-c3ncc(S(C)(=O)=O)s3)cnc3[nH]ccc23)C1.CCC(=O)N1CCC[C@@H](Nc2c(-c3ncc(S(C)=O)s3)cnc3[nH]ccc23)C1.CCOC(=O)c1cnc(-c2cnc3[nH]ccc3c2N[C@@H]2CCCN(C(=O)CC)C2)s1. The number of nitrogens with one attached hydrogen (secondary N) is 10. The van der Waals surface area contributed by atoms with E-state index in [0.717, 1.165) is 228 Å². The highest BCUT2D eigenvalue weighted by molar-refractivity contribution is 7.92. The zero-order chi connectivity index (χ0) is 102. The third kappa shape index (κ3) is 24.8. The first-order valence-electron chi connectivity index (χ1n) is 47.9. The Balaban J connectivity index is 0.000000130. The number of pyridine rings is 6. The number of fused-ring (bicyclic) bond motifs is 5. The minimum Gasteiger partial charge on any atom is -0.467 e. The molecule has 5 fully saturated rings. The number of carbonyl (C=O) groups excluding carboxylic acids is 6. The van der Waals surface area contributed by atoms with Gasteiger partial charge in [-0.25, -0.2) is 63.1 Å². The predicted molar refractivity (Wildman–Crippen MR) is 567 cm³/mol. The average Bonchev–Trinajstić information content (AvgIpc) is 1.67. The lowest BCUT2D eigenvalue weighted by Gasteiger charge is -2.34. The molecule has 20 heterocycles. The quantitative estimate of drug-likeness (QED) is 0.0187. The molecule has 5 saturated heterocycles. The molecular weight excluding hydrogens is 1940 g/mol. The zero-order valence-electron chi connectivity index (χ0n) is 81.0. The Labute approximate surface area is 852 Å². The summed E-state index contributed by atoms with van der Waals surface area (Å²) in [5, 5.41) is 25.0. The number of aromatic amines is 5. The van der Waals surface area contributed by atoms with Crippen molar-refractivity contribution in [3.05, 3.63) is 146 Å². The van der Waals surface area contributed by atoms with Gasteiger partial charge in [-0.1, -0.05) is 37.7 Å². The van der Waals surface area contributed by atoms with Crippen LogP contribution in [0.4, 0.5) is 34.3 Å². The van der Waals surface area contributed by atoms with Gasteiger partial charge in [0, 0.05) is 227 Å². The molecule has 43 heteroatoms. The number of carbonyl (C=O) groups is 6. The smallest absolute Gasteiger partial charge is 0.349 e. The Morgan fingerprint density at radius 3 is 1.13 bits per heavy atom. The number of hydrogen-bond acceptors (Lipinski definition) is 31. The van der Waals surface area contributed by atoms with E-state index in [1.54, 1.807) is 79.9 Å². The molecule has 6 atom stereocenters. The Morgan fingerprint density at radius 2 is 0.793 bits per heavy atom. The summed E-state index contributed by atoms with van der Waals surface area (Å²) in [6, 6.07) is 18.1. The van der Waals surface area contributed by atoms with Crippen LogP contribution in [0.2, 0.25) is 0 Å². The molecule has 15 aromatic heterocycles. The van der Waals surface area contributed by atoms with Crippen molar-refractivity contribution < 1.29 is 50.9 Å². The molecule has 0 aliphatic carbocycles. The summed E-state index contributed by atoms with van der Waals surface area (Å²) in [7, 11) is -2.86. The number of thiazole rings is 3. The molecule has 5 aliphatic heterocycles. The van der Waals surface area contributed by atoms with Gasteiger partial charge in [0.25, 0.3) is 0 Å². The van der Waals surface area contributed by atoms with Gasteiger partial charge in [-0.15, -0.1) is 53.3 Å². The number of sulfone groups is 1. The molecule has 0 spiro atoms. The lowest BCUT2D eigenvalue weighted by molar-refractivity contribution is -0.132. The maximum Gasteiger partial charge on any atom is 0.349 e. The van der Waals surface area contributed by atoms with Crippen LogP contribution >= 0.6 is 34.0 Å². The summed E-state index contributed by atoms with van der Waals surface area (Å²) in [5.41, 5.74) is 20.0. The highest BCUT2D eigenvalue weighted by Crippen LogP contribution is 2.43. The second-order valence-electron chi connectivity index (χ2n) is 35.2. The number of nitrogen functional groups attached to an aromatic ring is 1. The minimum atomic E-state index is -3.34. The Morgan fingerprint density at radius 1 is 0.448 bits per heavy atom. The number of H-pyrrole nitrogens is 5. The van der Waals surface area contributed by atoms with Gasteiger partial charge in [0.05, 0.1) is 119 Å². The molecular formula is C102H113N27O11S5. The molecule has 15 aromatic rings. The number of aromatic nitrogens is 16. The molecule has 1 unspecified atom stereocenters. The summed E-state index contributed by atoms with van der Waals surface area (Å²) in [5.74, 6) is 7.74. The summed E-state index contributed by atoms with van der Waals surface area (Å²) in [6.07, 6.45) is 54.0. The number of terminal acetylenes is 3. The average molecular weight is 2050 g/mol. The van der Waals surface area contributed by atoms with E-state index in [9.17, 15) is 41.4 Å². The van der Waals surface area contributed by atoms with E-state index < -0.39 is 20.6 Å². The molecule has 5 amide bonds. The van der Waals surface area contributed by atoms with Crippen LogP contribution in [0.15, 0.2) is 150 Å². The highest BCUT2D eigenvalue weighted by atomic mass is 32.2. The molecule has 20 rings (SSSR count). The summed E-state index contributed by atoms with van der Waals surface area (Å²) >= 11 is 3.83. The first kappa shape index (κ1) is 103. The molecule has 0 bridgehead atoms. The van der Waals surface area contributed by atoms with Gasteiger partial charge in [-0.3, -0.25) is 28.2 Å². The maximum atomic E-state index is 12.2. The van der Waals surface area contributed by atoms with E-state index in [-0.39, 0.29) is 89.2 Å². The monoisotopic (exact) mass is 2050 g/mol. The highest BCUT2D eigenvalue weighted by Gasteiger charge is 2.33. The third-order valence-electron chi connectivity index (χ3n) is 25.3. The van der Waals surface area contributed by atoms with Crippen LogP contribution in [0, 0.1) is 37.0 Å². The van der Waals surface area contributed by atoms with E-state index in [4.69, 9.17) is 34.5 Å². The van der Waals surface area contributed by atoms with Crippen LogP contribution in [0.25, 0.3) is 109 Å². The Hall–Kier alpha value is -15.2. The van der Waals surface area contributed by atoms with E-state index in [2.05, 4.69) is 124 Å². The Bertz CT molecular complexity index is 7470. The molecule has 145 heavy (non-hydrogen) atoms. The van der Waals surface area contributed by atoms with E-state index in [0.29, 0.717) is 91.1 Å². The lowest BCUT2D eigenvalue weighted by Crippen LogP contribution is -2.45. The van der Waals surface area contributed by atoms with E-state index in [1.165, 1.54) is 42.2 Å². The predicted octanol–water partition coefficient (Wildman–Crippen LogP) is 14.5. The van der Waals surface area contributed by atoms with Crippen molar-refractivity contribution in [1.82, 2.24) is 104 Å². The number of nitrogens with two attached hydrogens (primary N) is 1. The van der Waals surface area contributed by atoms with Crippen molar-refractivity contribution in [3.8, 4) is 97.3 Å². The second-order valence-corrected chi connectivity index (χ2v) is 42.2. The fourth-order valence-electron chi connectivity index (χ4n) is 18.3. The number of hydrogen-bond donors (Lipinski definition) is 11. The van der Waals surface area contributed by atoms with Crippen LogP contribution in [-0.4, -0.2) is 274 Å². The first-order chi connectivity index (χ1) is 70.4. The lowest BCUT2D eigenvalue weighted by atomic mass is 10.0. The molecule has 12 N–H and O–H groups in total. The van der Waals surface area contributed by atoms with E-state index in [1.807, 2.05) is 107 Å². The number of piperidine rings is 5. The minimum absolute atomic E-state index is 0.00119. The molecule has 752 valence electrons. The summed E-state index contributed by atoms with van der Waals surface area (Å²) in [6.45, 7) is 12.9. The topological polar surface area (TPSA) is 495 Å². The van der Waals surface area contributed by atoms with Crippen molar-refractivity contribution in [2.75, 3.05) is 124 Å². The number of rotatable bonds is 25. The molecule has 38 nitrogen and oxygen atoms in total. The van der Waals surface area contributed by atoms with Gasteiger partial charge in [0.1, 0.15) is 62.4 Å². The van der Waals surface area contributed by atoms with Crippen LogP contribution in [0.5, 0.6) is 6.01 Å². The van der Waals surface area contributed by atoms with Crippen LogP contribution in [0.1, 0.15) is 127 Å². The molecule has 0 radical (unpaired) electrons. The van der Waals surface area contributed by atoms with Crippen LogP contribution < -0.4 is 37.1 Å². The molecule has 0 aromatic carbocycles. The number of amides is 5. The van der Waals surface area contributed by atoms with Crippen molar-refractivity contribution in [2.45, 2.75) is 156 Å². The largest absolute Gasteiger partial charge is 0.467 e. The number of anilines is 6. The van der Waals surface area contributed by atoms with Gasteiger partial charge in [-0.2, -0.15) is 4.98 Å². The standard InChI is InChI=1S/C21H22N6O2.C21H22N6O.C21H25N5O3S.C20H21N5O3S2.C19H23N5O2S2/c1-3-5-18(28)27-11-4-6-14(13-27)25-19-15-7-9-22-20(15)24-12-16(19)17-8-10-23-21(26-17)29-2;1-2-5-19(28)27-11-4-6-14(13-27)25-20-15-9-10-23-21(15)24-12-16(20)17-7-3-8-18(22)26-17;1-3-17(27)26-9-5-6-13(12-26)25-18-14-7-8-22-19(14)23-10-15(18)20-24-11-16(30-20)21(28)29-4-2;1-3-5-16(26)25-9-4-6-13(12-25)24-18-14-7-8-21-19(14)22-10-15(18)20-23-11-17(29-20)30(2,27)28;1-3-15(25)24-8-4-5-12(11-24)23-17-13-6-7-20-18(13)21-9-14(17)19-22-10-16(27-19)28(2)26/h1,7-10,12,14H,4-6,11,13H2,2H3,(H2,22,24,25);1,3,7-10,12,14H,4-6,11,13H2,(H2,22,26)(H2,23,24,25);7-8,10-11,13H,3-6,9,12H2,1-2H3,(H2,22,23,25);1,7-8,10-11,13H,4-6,9,12H2,2H3,(H2,21,22,24);6-7,9-10,12H,3-5,8,11H2,1-2H3,(H2,20,21,23)/t2*14-;2*13-;12-,28?/m11111/s1. The van der Waals surface area contributed by atoms with Crippen LogP contribution in [0.3, 0.4) is 0 Å². The van der Waals surface area contributed by atoms with E-state index >= 15 is 0 Å². The van der Waals surface area contributed by atoms with Gasteiger partial charge in [0.15, 0.2) is 9.84 Å². The number of methoxy groups -OCH3 is 1. The second kappa shape index (κ2) is 47.8. The molecule has 0 saturated carbocycles. The fraction of sp³-hybridized carbons (Fsp3) is 0.363. The third-order valence-corrected chi connectivity index (χ3v) is 31.6. The number of ether oxygens (including phenoxy) is 2. The Kier molecular flexibility index (Phi) is 33.8. The number of nitrogens with zero attached hydrogens (tertiary/aromatic N) is 16. The van der Waals surface area contributed by atoms with Crippen molar-refractivity contribution in [3.63, 3.8) is 0 Å². The molecule has 5 aliphatic rings. The van der Waals surface area contributed by atoms with Crippen molar-refractivity contribution in [1.29, 1.82) is 0 Å². The maximum absolute atomic E-state index is 12.2. The number of likely N-dealkylation sites (tertiary alicyclic amines) is 5. The van der Waals surface area contributed by atoms with Crippen LogP contribution in [-0.2, 0) is 49.3 Å². The first-order valence-corrected chi connectivity index (χ1v) is 53.8. The van der Waals surface area contributed by atoms with Gasteiger partial charge >= 0.3 is 12.0 Å². The summed E-state index contributed by atoms with van der Waals surface area (Å²) < 4.78 is 46.8. The zero-order valence-corrected chi connectivity index (χ0v) is 85.1. The number of esters is 1. The van der Waals surface area contributed by atoms with Gasteiger partial charge in [0.2, 0.25) is 29.5 Å². The van der Waals surface area contributed by atoms with Crippen molar-refractivity contribution in [2.24, 2.45) is 0 Å². The summed E-state index contributed by atoms with van der Waals surface area (Å²) in [4.78, 5) is 147. The van der Waals surface area contributed by atoms with Crippen molar-refractivity contribution >= 4 is 180 Å². The van der Waals surface area contributed by atoms with Gasteiger partial charge < -0.3 is 91.2 Å².